The molecular formula is C10H9ClF4N2O. The Bertz CT molecular complexity index is 476. The summed E-state index contributed by atoms with van der Waals surface area (Å²) in [5, 5.41) is -0.709. The number of rotatable bonds is 3. The van der Waals surface area contributed by atoms with E-state index >= 15 is 0 Å². The maximum Gasteiger partial charge on any atom is 0.416 e. The van der Waals surface area contributed by atoms with Crippen LogP contribution >= 0.6 is 11.6 Å². The molecule has 0 aliphatic heterocycles. The molecule has 0 bridgehead atoms. The molecule has 0 saturated carbocycles. The third-order valence-corrected chi connectivity index (χ3v) is 2.48. The first kappa shape index (κ1) is 14.7. The van der Waals surface area contributed by atoms with Gasteiger partial charge < -0.3 is 11.5 Å². The molecule has 0 aliphatic carbocycles. The highest BCUT2D eigenvalue weighted by Gasteiger charge is 2.33. The monoisotopic (exact) mass is 284 g/mol. The van der Waals surface area contributed by atoms with Crippen LogP contribution in [0.3, 0.4) is 0 Å². The number of benzene rings is 1. The van der Waals surface area contributed by atoms with Gasteiger partial charge in [0.1, 0.15) is 5.82 Å². The zero-order valence-electron chi connectivity index (χ0n) is 8.89. The van der Waals surface area contributed by atoms with Crippen molar-refractivity contribution in [1.82, 2.24) is 0 Å². The zero-order chi connectivity index (χ0) is 14.1. The first-order valence-corrected chi connectivity index (χ1v) is 5.10. The second-order valence-corrected chi connectivity index (χ2v) is 4.04. The molecule has 1 rings (SSSR count). The lowest BCUT2D eigenvalue weighted by Crippen LogP contribution is -2.22. The minimum Gasteiger partial charge on any atom is -0.370 e. The summed E-state index contributed by atoms with van der Waals surface area (Å²) in [6, 6.07) is -0.297. The van der Waals surface area contributed by atoms with Gasteiger partial charge in [0, 0.05) is 18.0 Å². The lowest BCUT2D eigenvalue weighted by molar-refractivity contribution is -0.137. The Morgan fingerprint density at radius 3 is 2.39 bits per heavy atom. The van der Waals surface area contributed by atoms with E-state index < -0.39 is 46.5 Å². The van der Waals surface area contributed by atoms with Crippen LogP contribution in [0.5, 0.6) is 0 Å². The van der Waals surface area contributed by atoms with Gasteiger partial charge in [0.2, 0.25) is 5.91 Å². The van der Waals surface area contributed by atoms with Crippen molar-refractivity contribution in [3.05, 3.63) is 34.1 Å². The Balaban J connectivity index is 3.26. The van der Waals surface area contributed by atoms with Crippen molar-refractivity contribution in [3.8, 4) is 0 Å². The van der Waals surface area contributed by atoms with Gasteiger partial charge in [-0.1, -0.05) is 11.6 Å². The number of hydrogen-bond acceptors (Lipinski definition) is 2. The summed E-state index contributed by atoms with van der Waals surface area (Å²) in [6.45, 7) is 0. The first-order chi connectivity index (χ1) is 8.12. The van der Waals surface area contributed by atoms with Crippen LogP contribution in [0.4, 0.5) is 17.6 Å². The largest absolute Gasteiger partial charge is 0.416 e. The predicted octanol–water partition coefficient (Wildman–Crippen LogP) is 2.37. The number of nitrogens with two attached hydrogens (primary N) is 2. The number of alkyl halides is 3. The van der Waals surface area contributed by atoms with E-state index in [2.05, 4.69) is 0 Å². The number of carbonyl (C=O) groups is 1. The molecule has 1 atom stereocenters. The number of hydrogen-bond donors (Lipinski definition) is 2. The Morgan fingerprint density at radius 1 is 1.39 bits per heavy atom. The van der Waals surface area contributed by atoms with Crippen LogP contribution in [0.15, 0.2) is 12.1 Å². The molecule has 0 aromatic heterocycles. The van der Waals surface area contributed by atoms with E-state index in [0.29, 0.717) is 12.1 Å². The van der Waals surface area contributed by atoms with Crippen molar-refractivity contribution < 1.29 is 22.4 Å². The molecular weight excluding hydrogens is 276 g/mol. The molecule has 0 spiro atoms. The van der Waals surface area contributed by atoms with Crippen LogP contribution in [0.1, 0.15) is 23.6 Å². The maximum absolute atomic E-state index is 13.5. The number of primary amides is 1. The lowest BCUT2D eigenvalue weighted by atomic mass is 10.0. The quantitative estimate of drug-likeness (QED) is 0.837. The average Bonchev–Trinajstić information content (AvgIpc) is 2.18. The average molecular weight is 285 g/mol. The van der Waals surface area contributed by atoms with Crippen LogP contribution < -0.4 is 11.5 Å². The van der Waals surface area contributed by atoms with Crippen molar-refractivity contribution in [3.63, 3.8) is 0 Å². The fourth-order valence-electron chi connectivity index (χ4n) is 1.37. The summed E-state index contributed by atoms with van der Waals surface area (Å²) < 4.78 is 51.0. The van der Waals surface area contributed by atoms with E-state index in [4.69, 9.17) is 23.1 Å². The highest BCUT2D eigenvalue weighted by Crippen LogP contribution is 2.35. The van der Waals surface area contributed by atoms with Crippen molar-refractivity contribution in [1.29, 1.82) is 0 Å². The molecule has 0 fully saturated rings. The number of amides is 1. The van der Waals surface area contributed by atoms with Gasteiger partial charge in [0.25, 0.3) is 0 Å². The second-order valence-electron chi connectivity index (χ2n) is 3.64. The summed E-state index contributed by atoms with van der Waals surface area (Å²) in [4.78, 5) is 10.6. The number of carbonyl (C=O) groups excluding carboxylic acids is 1. The minimum absolute atomic E-state index is 0.456. The van der Waals surface area contributed by atoms with Crippen molar-refractivity contribution in [2.75, 3.05) is 0 Å². The standard InChI is InChI=1S/C10H9ClF4N2O/c11-6-2-4(10(13,14)15)1-5(9(6)12)7(16)3-8(17)18/h1-2,7H,3,16H2,(H2,17,18). The fraction of sp³-hybridized carbons (Fsp3) is 0.300. The van der Waals surface area contributed by atoms with Gasteiger partial charge in [-0.15, -0.1) is 0 Å². The van der Waals surface area contributed by atoms with Gasteiger partial charge in [-0.25, -0.2) is 4.39 Å². The van der Waals surface area contributed by atoms with E-state index in [-0.39, 0.29) is 0 Å². The predicted molar refractivity (Wildman–Crippen MR) is 57.2 cm³/mol. The summed E-state index contributed by atoms with van der Waals surface area (Å²) in [5.74, 6) is -1.94. The van der Waals surface area contributed by atoms with Gasteiger partial charge in [0.05, 0.1) is 10.6 Å². The van der Waals surface area contributed by atoms with Gasteiger partial charge in [-0.05, 0) is 12.1 Å². The van der Waals surface area contributed by atoms with Crippen LogP contribution in [-0.2, 0) is 11.0 Å². The van der Waals surface area contributed by atoms with E-state index in [0.717, 1.165) is 0 Å². The van der Waals surface area contributed by atoms with Gasteiger partial charge >= 0.3 is 6.18 Å². The highest BCUT2D eigenvalue weighted by atomic mass is 35.5. The summed E-state index contributed by atoms with van der Waals surface area (Å²) in [7, 11) is 0. The first-order valence-electron chi connectivity index (χ1n) is 4.73. The topological polar surface area (TPSA) is 69.1 Å². The maximum atomic E-state index is 13.5. The molecule has 8 heteroatoms. The Kier molecular flexibility index (Phi) is 4.18. The molecule has 4 N–H and O–H groups in total. The molecule has 3 nitrogen and oxygen atoms in total. The Labute approximate surface area is 105 Å². The van der Waals surface area contributed by atoms with Crippen LogP contribution in [-0.4, -0.2) is 5.91 Å². The minimum atomic E-state index is -4.68. The van der Waals surface area contributed by atoms with Crippen LogP contribution in [0.2, 0.25) is 5.02 Å². The van der Waals surface area contributed by atoms with Gasteiger partial charge in [-0.2, -0.15) is 13.2 Å². The van der Waals surface area contributed by atoms with E-state index in [9.17, 15) is 22.4 Å². The van der Waals surface area contributed by atoms with Crippen LogP contribution in [0.25, 0.3) is 0 Å². The lowest BCUT2D eigenvalue weighted by Gasteiger charge is -2.15. The summed E-state index contributed by atoms with van der Waals surface area (Å²) >= 11 is 5.36. The van der Waals surface area contributed by atoms with Gasteiger partial charge in [0.15, 0.2) is 0 Å². The van der Waals surface area contributed by atoms with Crippen molar-refractivity contribution in [2.24, 2.45) is 11.5 Å². The molecule has 0 heterocycles. The van der Waals surface area contributed by atoms with Crippen LogP contribution in [0, 0.1) is 5.82 Å². The van der Waals surface area contributed by atoms with E-state index in [1.165, 1.54) is 0 Å². The SMILES string of the molecule is NC(=O)CC(N)c1cc(C(F)(F)F)cc(Cl)c1F. The molecule has 18 heavy (non-hydrogen) atoms. The molecule has 1 aromatic carbocycles. The summed E-state index contributed by atoms with van der Waals surface area (Å²) in [6.07, 6.45) is -5.16. The van der Waals surface area contributed by atoms with E-state index in [1.54, 1.807) is 0 Å². The Morgan fingerprint density at radius 2 is 1.94 bits per heavy atom. The normalized spacial score (nSPS) is 13.4. The third kappa shape index (κ3) is 3.33. The highest BCUT2D eigenvalue weighted by molar-refractivity contribution is 6.30. The number of halogens is 5. The smallest absolute Gasteiger partial charge is 0.370 e. The molecule has 0 saturated heterocycles. The Hall–Kier alpha value is -1.34. The zero-order valence-corrected chi connectivity index (χ0v) is 9.65. The summed E-state index contributed by atoms with van der Waals surface area (Å²) in [5.41, 5.74) is 8.63. The van der Waals surface area contributed by atoms with Crippen molar-refractivity contribution >= 4 is 17.5 Å². The van der Waals surface area contributed by atoms with E-state index in [1.807, 2.05) is 0 Å². The molecule has 1 amide bonds. The molecule has 1 aromatic rings. The second kappa shape index (κ2) is 5.11. The van der Waals surface area contributed by atoms with Gasteiger partial charge in [-0.3, -0.25) is 4.79 Å². The third-order valence-electron chi connectivity index (χ3n) is 2.20. The molecule has 1 unspecified atom stereocenters. The molecule has 100 valence electrons. The molecule has 0 radical (unpaired) electrons. The molecule has 0 aliphatic rings. The van der Waals surface area contributed by atoms with Crippen molar-refractivity contribution in [2.45, 2.75) is 18.6 Å². The fourth-order valence-corrected chi connectivity index (χ4v) is 1.60.